The number of piperidine rings is 1. The van der Waals surface area contributed by atoms with Crippen LogP contribution < -0.4 is 5.32 Å². The van der Waals surface area contributed by atoms with Crippen LogP contribution in [0.3, 0.4) is 0 Å². The third-order valence-corrected chi connectivity index (χ3v) is 5.45. The molecule has 0 aliphatic carbocycles. The summed E-state index contributed by atoms with van der Waals surface area (Å²) in [5.74, 6) is 1.77. The number of carbonyl (C=O) groups excluding carboxylic acids is 1. The Morgan fingerprint density at radius 3 is 2.63 bits per heavy atom. The van der Waals surface area contributed by atoms with Gasteiger partial charge < -0.3 is 14.7 Å². The van der Waals surface area contributed by atoms with Gasteiger partial charge in [-0.15, -0.1) is 0 Å². The third-order valence-electron chi connectivity index (χ3n) is 5.45. The number of amides is 1. The summed E-state index contributed by atoms with van der Waals surface area (Å²) in [5, 5.41) is 7.63. The van der Waals surface area contributed by atoms with Gasteiger partial charge in [0, 0.05) is 43.0 Å². The molecule has 0 atom stereocenters. The average molecular weight is 411 g/mol. The Hall–Kier alpha value is -2.90. The molecule has 1 fully saturated rings. The number of rotatable bonds is 4. The van der Waals surface area contributed by atoms with E-state index in [1.165, 1.54) is 0 Å². The number of likely N-dealkylation sites (tertiary alicyclic amines) is 1. The molecule has 4 rings (SSSR count). The third kappa shape index (κ3) is 4.04. The van der Waals surface area contributed by atoms with Crippen LogP contribution in [-0.4, -0.2) is 49.0 Å². The zero-order valence-corrected chi connectivity index (χ0v) is 18.3. The molecule has 0 saturated carbocycles. The molecule has 1 saturated heterocycles. The summed E-state index contributed by atoms with van der Waals surface area (Å²) in [6.45, 7) is 11.8. The van der Waals surface area contributed by atoms with Crippen LogP contribution in [0.5, 0.6) is 0 Å². The minimum Gasteiger partial charge on any atom is -0.365 e. The molecule has 1 N–H and O–H groups in total. The number of imidazole rings is 1. The summed E-state index contributed by atoms with van der Waals surface area (Å²) < 4.78 is 7.36. The number of carbonyl (C=O) groups is 1. The normalized spacial score (nSPS) is 15.9. The first kappa shape index (κ1) is 20.4. The fraction of sp³-hybridized carbons (Fsp3) is 0.545. The molecule has 1 aliphatic heterocycles. The number of hydrogen-bond acceptors (Lipinski definition) is 6. The van der Waals surface area contributed by atoms with Gasteiger partial charge >= 0.3 is 0 Å². The minimum atomic E-state index is -0.0922. The van der Waals surface area contributed by atoms with Gasteiger partial charge in [-0.25, -0.2) is 4.98 Å². The second kappa shape index (κ2) is 7.74. The maximum Gasteiger partial charge on any atom is 0.292 e. The van der Waals surface area contributed by atoms with Crippen molar-refractivity contribution in [3.8, 4) is 0 Å². The number of hydrogen-bond donors (Lipinski definition) is 1. The summed E-state index contributed by atoms with van der Waals surface area (Å²) in [7, 11) is 0. The van der Waals surface area contributed by atoms with Crippen molar-refractivity contribution in [1.29, 1.82) is 0 Å². The first-order valence-corrected chi connectivity index (χ1v) is 10.6. The summed E-state index contributed by atoms with van der Waals surface area (Å²) in [4.78, 5) is 23.8. The van der Waals surface area contributed by atoms with Crippen LogP contribution in [0.4, 0.5) is 5.82 Å². The summed E-state index contributed by atoms with van der Waals surface area (Å²) in [6, 6.07) is 1.76. The van der Waals surface area contributed by atoms with Crippen molar-refractivity contribution in [3.05, 3.63) is 41.8 Å². The summed E-state index contributed by atoms with van der Waals surface area (Å²) in [5.41, 5.74) is 2.60. The van der Waals surface area contributed by atoms with Crippen LogP contribution in [0.1, 0.15) is 81.2 Å². The van der Waals surface area contributed by atoms with Gasteiger partial charge in [0.05, 0.1) is 17.6 Å². The highest BCUT2D eigenvalue weighted by atomic mass is 16.5. The van der Waals surface area contributed by atoms with Crippen LogP contribution in [0.15, 0.2) is 29.2 Å². The monoisotopic (exact) mass is 410 g/mol. The number of aromatic nitrogens is 4. The smallest absolute Gasteiger partial charge is 0.292 e. The van der Waals surface area contributed by atoms with Crippen LogP contribution in [0, 0.1) is 0 Å². The SMILES string of the molecule is CC(C)c1cc(C(=O)N2CCC(c3nc4cnccn4c3NC(C)(C)C)CC2)on1. The fourth-order valence-corrected chi connectivity index (χ4v) is 3.86. The van der Waals surface area contributed by atoms with E-state index in [9.17, 15) is 4.79 Å². The highest BCUT2D eigenvalue weighted by Crippen LogP contribution is 2.34. The number of anilines is 1. The molecule has 1 amide bonds. The molecule has 0 radical (unpaired) electrons. The van der Waals surface area contributed by atoms with Gasteiger partial charge in [0.25, 0.3) is 5.91 Å². The number of nitrogens with zero attached hydrogens (tertiary/aromatic N) is 5. The topological polar surface area (TPSA) is 88.6 Å². The maximum absolute atomic E-state index is 12.8. The first-order chi connectivity index (χ1) is 14.2. The summed E-state index contributed by atoms with van der Waals surface area (Å²) in [6.07, 6.45) is 7.21. The molecule has 0 spiro atoms. The van der Waals surface area contributed by atoms with Crippen molar-refractivity contribution in [3.63, 3.8) is 0 Å². The van der Waals surface area contributed by atoms with Crippen LogP contribution in [0.25, 0.3) is 5.65 Å². The lowest BCUT2D eigenvalue weighted by Gasteiger charge is -2.32. The lowest BCUT2D eigenvalue weighted by molar-refractivity contribution is 0.0670. The van der Waals surface area contributed by atoms with E-state index in [0.29, 0.717) is 18.8 Å². The molecule has 3 aromatic heterocycles. The Bertz CT molecular complexity index is 1040. The Morgan fingerprint density at radius 1 is 1.27 bits per heavy atom. The van der Waals surface area contributed by atoms with Crippen molar-refractivity contribution in [2.45, 2.75) is 64.8 Å². The van der Waals surface area contributed by atoms with E-state index in [2.05, 4.69) is 40.6 Å². The molecule has 3 aromatic rings. The van der Waals surface area contributed by atoms with E-state index in [4.69, 9.17) is 9.51 Å². The zero-order chi connectivity index (χ0) is 21.5. The molecule has 0 unspecified atom stereocenters. The average Bonchev–Trinajstić information content (AvgIpc) is 3.33. The highest BCUT2D eigenvalue weighted by Gasteiger charge is 2.31. The van der Waals surface area contributed by atoms with Crippen molar-refractivity contribution in [1.82, 2.24) is 24.4 Å². The molecule has 8 nitrogen and oxygen atoms in total. The predicted molar refractivity (Wildman–Crippen MR) is 115 cm³/mol. The van der Waals surface area contributed by atoms with E-state index >= 15 is 0 Å². The van der Waals surface area contributed by atoms with E-state index in [1.54, 1.807) is 18.5 Å². The Balaban J connectivity index is 1.52. The molecule has 8 heteroatoms. The minimum absolute atomic E-state index is 0.0832. The van der Waals surface area contributed by atoms with Crippen molar-refractivity contribution >= 4 is 17.4 Å². The van der Waals surface area contributed by atoms with Gasteiger partial charge in [-0.05, 0) is 39.5 Å². The van der Waals surface area contributed by atoms with Crippen LogP contribution >= 0.6 is 0 Å². The number of fused-ring (bicyclic) bond motifs is 1. The van der Waals surface area contributed by atoms with Gasteiger partial charge in [0.1, 0.15) is 5.82 Å². The molecule has 160 valence electrons. The molecular formula is C22H30N6O2. The largest absolute Gasteiger partial charge is 0.365 e. The second-order valence-corrected chi connectivity index (χ2v) is 9.36. The molecule has 30 heavy (non-hydrogen) atoms. The Morgan fingerprint density at radius 2 is 2.00 bits per heavy atom. The maximum atomic E-state index is 12.8. The molecule has 0 aromatic carbocycles. The summed E-state index contributed by atoms with van der Waals surface area (Å²) >= 11 is 0. The van der Waals surface area contributed by atoms with E-state index in [1.807, 2.05) is 24.9 Å². The lowest BCUT2D eigenvalue weighted by atomic mass is 9.92. The molecule has 0 bridgehead atoms. The standard InChI is InChI=1S/C22H30N6O2/c1-14(2)16-12-17(30-26-16)21(29)27-9-6-15(7-10-27)19-20(25-22(3,4)5)28-11-8-23-13-18(28)24-19/h8,11-15,25H,6-7,9-10H2,1-5H3. The van der Waals surface area contributed by atoms with Crippen LogP contribution in [0.2, 0.25) is 0 Å². The molecular weight excluding hydrogens is 380 g/mol. The molecule has 4 heterocycles. The van der Waals surface area contributed by atoms with Gasteiger partial charge in [0.15, 0.2) is 5.65 Å². The quantitative estimate of drug-likeness (QED) is 0.697. The predicted octanol–water partition coefficient (Wildman–Crippen LogP) is 4.07. The second-order valence-electron chi connectivity index (χ2n) is 9.36. The number of nitrogens with one attached hydrogen (secondary N) is 1. The van der Waals surface area contributed by atoms with Gasteiger partial charge in [-0.3, -0.25) is 14.2 Å². The highest BCUT2D eigenvalue weighted by molar-refractivity contribution is 5.91. The zero-order valence-electron chi connectivity index (χ0n) is 18.3. The fourth-order valence-electron chi connectivity index (χ4n) is 3.86. The van der Waals surface area contributed by atoms with Gasteiger partial charge in [-0.2, -0.15) is 0 Å². The van der Waals surface area contributed by atoms with E-state index < -0.39 is 0 Å². The van der Waals surface area contributed by atoms with E-state index in [-0.39, 0.29) is 23.3 Å². The van der Waals surface area contributed by atoms with Crippen molar-refractivity contribution in [2.24, 2.45) is 0 Å². The first-order valence-electron chi connectivity index (χ1n) is 10.6. The Kier molecular flexibility index (Phi) is 5.26. The van der Waals surface area contributed by atoms with Gasteiger partial charge in [0.2, 0.25) is 5.76 Å². The van der Waals surface area contributed by atoms with E-state index in [0.717, 1.165) is 35.7 Å². The van der Waals surface area contributed by atoms with Crippen molar-refractivity contribution in [2.75, 3.05) is 18.4 Å². The molecule has 1 aliphatic rings. The van der Waals surface area contributed by atoms with Gasteiger partial charge in [-0.1, -0.05) is 19.0 Å². The van der Waals surface area contributed by atoms with Crippen LogP contribution in [-0.2, 0) is 0 Å². The lowest BCUT2D eigenvalue weighted by Crippen LogP contribution is -2.38. The Labute approximate surface area is 176 Å². The van der Waals surface area contributed by atoms with Crippen molar-refractivity contribution < 1.29 is 9.32 Å².